The zero-order chi connectivity index (χ0) is 20.5. The third-order valence-corrected chi connectivity index (χ3v) is 5.92. The molecular formula is C25H24N2O3. The molecule has 0 unspecified atom stereocenters. The van der Waals surface area contributed by atoms with Gasteiger partial charge in [-0.05, 0) is 16.8 Å². The van der Waals surface area contributed by atoms with E-state index >= 15 is 0 Å². The highest BCUT2D eigenvalue weighted by atomic mass is 16.5. The average Bonchev–Trinajstić information content (AvgIpc) is 3.17. The summed E-state index contributed by atoms with van der Waals surface area (Å²) in [5.41, 5.74) is 2.03. The van der Waals surface area contributed by atoms with Gasteiger partial charge in [0.1, 0.15) is 5.75 Å². The molecule has 1 aromatic heterocycles. The van der Waals surface area contributed by atoms with Crippen molar-refractivity contribution in [1.29, 1.82) is 0 Å². The van der Waals surface area contributed by atoms with Crippen LogP contribution in [0.4, 0.5) is 0 Å². The van der Waals surface area contributed by atoms with E-state index in [9.17, 15) is 9.90 Å². The van der Waals surface area contributed by atoms with Crippen LogP contribution in [0.15, 0.2) is 66.9 Å². The van der Waals surface area contributed by atoms with Crippen molar-refractivity contribution in [3.05, 3.63) is 78.0 Å². The minimum absolute atomic E-state index is 0.0208. The number of morpholine rings is 1. The van der Waals surface area contributed by atoms with Gasteiger partial charge in [-0.25, -0.2) is 0 Å². The molecule has 3 aromatic carbocycles. The topological polar surface area (TPSA) is 54.7 Å². The highest BCUT2D eigenvalue weighted by molar-refractivity contribution is 6.21. The first-order valence-electron chi connectivity index (χ1n) is 10.4. The summed E-state index contributed by atoms with van der Waals surface area (Å²) in [5, 5.41) is 13.3. The van der Waals surface area contributed by atoms with Crippen molar-refractivity contribution < 1.29 is 14.6 Å². The van der Waals surface area contributed by atoms with Gasteiger partial charge in [0.15, 0.2) is 5.78 Å². The van der Waals surface area contributed by atoms with Crippen LogP contribution in [0.2, 0.25) is 0 Å². The summed E-state index contributed by atoms with van der Waals surface area (Å²) in [4.78, 5) is 15.9. The van der Waals surface area contributed by atoms with E-state index in [4.69, 9.17) is 4.74 Å². The predicted molar refractivity (Wildman–Crippen MR) is 118 cm³/mol. The third-order valence-electron chi connectivity index (χ3n) is 5.92. The smallest absolute Gasteiger partial charge is 0.195 e. The Labute approximate surface area is 175 Å². The standard InChI is InChI=1S/C25H24N2O3/c28-23-10-4-8-20-22(17-27(24(20)23)12-11-26-13-15-30-16-14-26)25(29)21-9-3-6-18-5-1-2-7-19(18)21/h1-10,17,28H,11-16H2. The molecule has 30 heavy (non-hydrogen) atoms. The number of ketones is 1. The second-order valence-electron chi connectivity index (χ2n) is 7.72. The fourth-order valence-corrected chi connectivity index (χ4v) is 4.34. The van der Waals surface area contributed by atoms with E-state index in [1.54, 1.807) is 12.1 Å². The zero-order valence-corrected chi connectivity index (χ0v) is 16.8. The molecule has 1 aliphatic rings. The van der Waals surface area contributed by atoms with E-state index in [0.717, 1.165) is 49.0 Å². The number of benzene rings is 3. The van der Waals surface area contributed by atoms with Gasteiger partial charge in [-0.2, -0.15) is 0 Å². The number of aromatic hydroxyl groups is 1. The fourth-order valence-electron chi connectivity index (χ4n) is 4.34. The van der Waals surface area contributed by atoms with Crippen molar-refractivity contribution in [3.63, 3.8) is 0 Å². The Balaban J connectivity index is 1.55. The SMILES string of the molecule is O=C(c1cccc2ccccc12)c1cn(CCN2CCOCC2)c2c(O)cccc12. The molecular weight excluding hydrogens is 376 g/mol. The maximum absolute atomic E-state index is 13.6. The predicted octanol–water partition coefficient (Wildman–Crippen LogP) is 4.06. The highest BCUT2D eigenvalue weighted by Gasteiger charge is 2.20. The van der Waals surface area contributed by atoms with Gasteiger partial charge in [0.25, 0.3) is 0 Å². The van der Waals surface area contributed by atoms with Gasteiger partial charge in [-0.15, -0.1) is 0 Å². The molecule has 1 saturated heterocycles. The van der Waals surface area contributed by atoms with Crippen LogP contribution in [-0.4, -0.2) is 53.2 Å². The number of hydrogen-bond acceptors (Lipinski definition) is 4. The molecule has 0 atom stereocenters. The van der Waals surface area contributed by atoms with Crippen molar-refractivity contribution in [3.8, 4) is 5.75 Å². The van der Waals surface area contributed by atoms with Gasteiger partial charge in [0, 0.05) is 48.9 Å². The fraction of sp³-hybridized carbons (Fsp3) is 0.240. The van der Waals surface area contributed by atoms with E-state index < -0.39 is 0 Å². The molecule has 0 radical (unpaired) electrons. The molecule has 0 bridgehead atoms. The molecule has 1 N–H and O–H groups in total. The minimum atomic E-state index is -0.0208. The molecule has 0 saturated carbocycles. The lowest BCUT2D eigenvalue weighted by Crippen LogP contribution is -2.38. The normalized spacial score (nSPS) is 15.1. The van der Waals surface area contributed by atoms with Crippen LogP contribution in [0.1, 0.15) is 15.9 Å². The number of fused-ring (bicyclic) bond motifs is 2. The summed E-state index contributed by atoms with van der Waals surface area (Å²) in [6.07, 6.45) is 1.90. The molecule has 4 aromatic rings. The van der Waals surface area contributed by atoms with E-state index in [2.05, 4.69) is 4.90 Å². The molecule has 5 heteroatoms. The summed E-state index contributed by atoms with van der Waals surface area (Å²) >= 11 is 0. The van der Waals surface area contributed by atoms with Crippen LogP contribution in [0.3, 0.4) is 0 Å². The molecule has 0 amide bonds. The number of aromatic nitrogens is 1. The molecule has 5 nitrogen and oxygen atoms in total. The van der Waals surface area contributed by atoms with Crippen LogP contribution < -0.4 is 0 Å². The number of nitrogens with zero attached hydrogens (tertiary/aromatic N) is 2. The van der Waals surface area contributed by atoms with Crippen molar-refractivity contribution >= 4 is 27.5 Å². The molecule has 1 fully saturated rings. The number of ether oxygens (including phenoxy) is 1. The average molecular weight is 400 g/mol. The molecule has 152 valence electrons. The lowest BCUT2D eigenvalue weighted by Gasteiger charge is -2.26. The number of carbonyl (C=O) groups is 1. The van der Waals surface area contributed by atoms with E-state index in [1.807, 2.05) is 59.3 Å². The Morgan fingerprint density at radius 3 is 2.47 bits per heavy atom. The maximum atomic E-state index is 13.6. The monoisotopic (exact) mass is 400 g/mol. The van der Waals surface area contributed by atoms with E-state index in [0.29, 0.717) is 23.2 Å². The molecule has 0 spiro atoms. The Kier molecular flexibility index (Phi) is 4.99. The van der Waals surface area contributed by atoms with Crippen LogP contribution in [0, 0.1) is 0 Å². The van der Waals surface area contributed by atoms with Crippen molar-refractivity contribution in [1.82, 2.24) is 9.47 Å². The summed E-state index contributed by atoms with van der Waals surface area (Å²) in [5.74, 6) is 0.180. The van der Waals surface area contributed by atoms with Gasteiger partial charge < -0.3 is 14.4 Å². The van der Waals surface area contributed by atoms with Crippen LogP contribution in [0.25, 0.3) is 21.7 Å². The third kappa shape index (κ3) is 3.36. The van der Waals surface area contributed by atoms with Gasteiger partial charge >= 0.3 is 0 Å². The quantitative estimate of drug-likeness (QED) is 0.513. The van der Waals surface area contributed by atoms with Crippen LogP contribution >= 0.6 is 0 Å². The largest absolute Gasteiger partial charge is 0.506 e. The summed E-state index contributed by atoms with van der Waals surface area (Å²) < 4.78 is 7.44. The van der Waals surface area contributed by atoms with Crippen molar-refractivity contribution in [2.75, 3.05) is 32.8 Å². The Bertz CT molecular complexity index is 1220. The van der Waals surface area contributed by atoms with Crippen LogP contribution in [0.5, 0.6) is 5.75 Å². The zero-order valence-electron chi connectivity index (χ0n) is 16.8. The van der Waals surface area contributed by atoms with Crippen molar-refractivity contribution in [2.45, 2.75) is 6.54 Å². The summed E-state index contributed by atoms with van der Waals surface area (Å²) in [7, 11) is 0. The van der Waals surface area contributed by atoms with Crippen molar-refractivity contribution in [2.24, 2.45) is 0 Å². The first-order valence-corrected chi connectivity index (χ1v) is 10.4. The highest BCUT2D eigenvalue weighted by Crippen LogP contribution is 2.32. The molecule has 2 heterocycles. The van der Waals surface area contributed by atoms with Gasteiger partial charge in [-0.3, -0.25) is 9.69 Å². The second kappa shape index (κ2) is 7.94. The van der Waals surface area contributed by atoms with Gasteiger partial charge in [0.2, 0.25) is 0 Å². The number of rotatable bonds is 5. The molecule has 1 aliphatic heterocycles. The maximum Gasteiger partial charge on any atom is 0.195 e. The van der Waals surface area contributed by atoms with E-state index in [-0.39, 0.29) is 11.5 Å². The van der Waals surface area contributed by atoms with E-state index in [1.165, 1.54) is 0 Å². The lowest BCUT2D eigenvalue weighted by atomic mass is 9.97. The number of carbonyl (C=O) groups excluding carboxylic acids is 1. The van der Waals surface area contributed by atoms with Crippen LogP contribution in [-0.2, 0) is 11.3 Å². The number of para-hydroxylation sites is 1. The minimum Gasteiger partial charge on any atom is -0.506 e. The van der Waals surface area contributed by atoms with Gasteiger partial charge in [-0.1, -0.05) is 54.6 Å². The first-order chi connectivity index (χ1) is 14.7. The summed E-state index contributed by atoms with van der Waals surface area (Å²) in [6, 6.07) is 19.1. The first kappa shape index (κ1) is 18.9. The molecule has 5 rings (SSSR count). The lowest BCUT2D eigenvalue weighted by molar-refractivity contribution is 0.0365. The van der Waals surface area contributed by atoms with Gasteiger partial charge in [0.05, 0.1) is 18.7 Å². The number of hydrogen-bond donors (Lipinski definition) is 1. The number of phenols is 1. The summed E-state index contributed by atoms with van der Waals surface area (Å²) in [6.45, 7) is 4.88. The number of phenolic OH excluding ortho intramolecular Hbond substituents is 1. The second-order valence-corrected chi connectivity index (χ2v) is 7.72. The Morgan fingerprint density at radius 1 is 0.867 bits per heavy atom. The Hall–Kier alpha value is -3.15. The molecule has 0 aliphatic carbocycles. The Morgan fingerprint density at radius 2 is 1.60 bits per heavy atom.